The average Bonchev–Trinajstić information content (AvgIpc) is 2.59. The van der Waals surface area contributed by atoms with E-state index < -0.39 is 0 Å². The van der Waals surface area contributed by atoms with E-state index in [2.05, 4.69) is 16.3 Å². The van der Waals surface area contributed by atoms with Gasteiger partial charge < -0.3 is 5.32 Å². The number of likely N-dealkylation sites (tertiary alicyclic amines) is 1. The van der Waals surface area contributed by atoms with Crippen LogP contribution in [0.3, 0.4) is 0 Å². The molecule has 0 bridgehead atoms. The molecule has 1 amide bonds. The number of hydrogen-bond acceptors (Lipinski definition) is 2. The Morgan fingerprint density at radius 3 is 2.52 bits per heavy atom. The van der Waals surface area contributed by atoms with E-state index in [0.717, 1.165) is 55.9 Å². The van der Waals surface area contributed by atoms with Gasteiger partial charge in [0, 0.05) is 24.2 Å². The van der Waals surface area contributed by atoms with Gasteiger partial charge >= 0.3 is 0 Å². The molecule has 25 heavy (non-hydrogen) atoms. The van der Waals surface area contributed by atoms with Crippen LogP contribution < -0.4 is 5.32 Å². The molecule has 2 aliphatic rings. The summed E-state index contributed by atoms with van der Waals surface area (Å²) in [5, 5.41) is 4.18. The molecule has 1 saturated carbocycles. The zero-order valence-corrected chi connectivity index (χ0v) is 15.9. The van der Waals surface area contributed by atoms with Gasteiger partial charge in [0.1, 0.15) is 0 Å². The van der Waals surface area contributed by atoms with Gasteiger partial charge in [-0.1, -0.05) is 61.9 Å². The SMILES string of the molecule is O=C(NC1CCCCCCC1)[C@H]1CCCN(Cc2ccccc2Cl)C1. The normalized spacial score (nSPS) is 23.6. The summed E-state index contributed by atoms with van der Waals surface area (Å²) >= 11 is 6.29. The van der Waals surface area contributed by atoms with Crippen LogP contribution in [0, 0.1) is 5.92 Å². The molecule has 0 unspecified atom stereocenters. The van der Waals surface area contributed by atoms with Gasteiger partial charge in [-0.3, -0.25) is 9.69 Å². The highest BCUT2D eigenvalue weighted by molar-refractivity contribution is 6.31. The first-order valence-corrected chi connectivity index (χ1v) is 10.4. The molecule has 3 rings (SSSR count). The fourth-order valence-corrected chi connectivity index (χ4v) is 4.40. The van der Waals surface area contributed by atoms with E-state index in [9.17, 15) is 4.79 Å². The standard InChI is InChI=1S/C21H31ClN2O/c22-20-13-7-6-9-17(20)15-24-14-8-10-18(16-24)21(25)23-19-11-4-2-1-3-5-12-19/h6-7,9,13,18-19H,1-5,8,10-12,14-16H2,(H,23,25)/t18-/m0/s1. The molecule has 138 valence electrons. The lowest BCUT2D eigenvalue weighted by atomic mass is 9.93. The van der Waals surface area contributed by atoms with Gasteiger partial charge in [0.05, 0.1) is 5.92 Å². The topological polar surface area (TPSA) is 32.3 Å². The van der Waals surface area contributed by atoms with E-state index in [-0.39, 0.29) is 11.8 Å². The third-order valence-electron chi connectivity index (χ3n) is 5.68. The van der Waals surface area contributed by atoms with Gasteiger partial charge in [-0.15, -0.1) is 0 Å². The lowest BCUT2D eigenvalue weighted by Crippen LogP contribution is -2.45. The van der Waals surface area contributed by atoms with Crippen LogP contribution in [0.5, 0.6) is 0 Å². The van der Waals surface area contributed by atoms with Crippen LogP contribution in [-0.4, -0.2) is 29.9 Å². The Bertz CT molecular complexity index is 555. The number of rotatable bonds is 4. The molecule has 1 aromatic carbocycles. The molecular formula is C21H31ClN2O. The van der Waals surface area contributed by atoms with E-state index in [0.29, 0.717) is 6.04 Å². The third kappa shape index (κ3) is 5.72. The van der Waals surface area contributed by atoms with E-state index >= 15 is 0 Å². The second kappa shape index (κ2) is 9.59. The molecule has 4 heteroatoms. The van der Waals surface area contributed by atoms with Gasteiger partial charge in [-0.25, -0.2) is 0 Å². The van der Waals surface area contributed by atoms with Crippen molar-refractivity contribution in [3.8, 4) is 0 Å². The smallest absolute Gasteiger partial charge is 0.224 e. The van der Waals surface area contributed by atoms with Crippen LogP contribution in [-0.2, 0) is 11.3 Å². The number of halogens is 1. The van der Waals surface area contributed by atoms with Crippen molar-refractivity contribution < 1.29 is 4.79 Å². The Labute approximate surface area is 157 Å². The molecule has 1 atom stereocenters. The Hall–Kier alpha value is -1.06. The van der Waals surface area contributed by atoms with Crippen LogP contribution in [0.2, 0.25) is 5.02 Å². The molecule has 1 aliphatic carbocycles. The van der Waals surface area contributed by atoms with Gasteiger partial charge in [0.2, 0.25) is 5.91 Å². The summed E-state index contributed by atoms with van der Waals surface area (Å²) in [5.41, 5.74) is 1.16. The Kier molecular flexibility index (Phi) is 7.18. The molecule has 3 nitrogen and oxygen atoms in total. The van der Waals surface area contributed by atoms with E-state index in [1.807, 2.05) is 18.2 Å². The molecule has 0 aromatic heterocycles. The predicted molar refractivity (Wildman–Crippen MR) is 104 cm³/mol. The first-order valence-electron chi connectivity index (χ1n) is 9.98. The van der Waals surface area contributed by atoms with Gasteiger partial charge in [-0.2, -0.15) is 0 Å². The van der Waals surface area contributed by atoms with Crippen LogP contribution in [0.4, 0.5) is 0 Å². The Balaban J connectivity index is 1.51. The zero-order valence-electron chi connectivity index (χ0n) is 15.2. The Morgan fingerprint density at radius 2 is 1.76 bits per heavy atom. The van der Waals surface area contributed by atoms with Crippen molar-refractivity contribution in [3.63, 3.8) is 0 Å². The molecule has 1 heterocycles. The predicted octanol–water partition coefficient (Wildman–Crippen LogP) is 4.78. The van der Waals surface area contributed by atoms with Crippen LogP contribution in [0.15, 0.2) is 24.3 Å². The number of nitrogens with zero attached hydrogens (tertiary/aromatic N) is 1. The molecule has 1 aliphatic heterocycles. The first-order chi connectivity index (χ1) is 12.2. The number of benzene rings is 1. The molecule has 1 saturated heterocycles. The van der Waals surface area contributed by atoms with Crippen LogP contribution in [0.25, 0.3) is 0 Å². The highest BCUT2D eigenvalue weighted by atomic mass is 35.5. The van der Waals surface area contributed by atoms with Crippen molar-refractivity contribution in [2.75, 3.05) is 13.1 Å². The van der Waals surface area contributed by atoms with Gasteiger partial charge in [0.25, 0.3) is 0 Å². The largest absolute Gasteiger partial charge is 0.353 e. The maximum atomic E-state index is 12.8. The molecule has 1 aromatic rings. The van der Waals surface area contributed by atoms with Crippen molar-refractivity contribution in [3.05, 3.63) is 34.9 Å². The van der Waals surface area contributed by atoms with Crippen molar-refractivity contribution >= 4 is 17.5 Å². The van der Waals surface area contributed by atoms with Gasteiger partial charge in [-0.05, 0) is 43.9 Å². The Morgan fingerprint density at radius 1 is 1.04 bits per heavy atom. The number of piperidine rings is 1. The average molecular weight is 363 g/mol. The first kappa shape index (κ1) is 18.7. The maximum Gasteiger partial charge on any atom is 0.224 e. The summed E-state index contributed by atoms with van der Waals surface area (Å²) < 4.78 is 0. The summed E-state index contributed by atoms with van der Waals surface area (Å²) in [5.74, 6) is 0.399. The fourth-order valence-electron chi connectivity index (χ4n) is 4.20. The number of carbonyl (C=O) groups excluding carboxylic acids is 1. The number of amides is 1. The monoisotopic (exact) mass is 362 g/mol. The molecule has 0 radical (unpaired) electrons. The van der Waals surface area contributed by atoms with E-state index in [1.165, 1.54) is 32.1 Å². The second-order valence-corrected chi connectivity index (χ2v) is 8.12. The second-order valence-electron chi connectivity index (χ2n) is 7.72. The van der Waals surface area contributed by atoms with E-state index in [4.69, 9.17) is 11.6 Å². The maximum absolute atomic E-state index is 12.8. The summed E-state index contributed by atoms with van der Waals surface area (Å²) in [4.78, 5) is 15.1. The molecule has 2 fully saturated rings. The lowest BCUT2D eigenvalue weighted by Gasteiger charge is -2.33. The highest BCUT2D eigenvalue weighted by Crippen LogP contribution is 2.23. The third-order valence-corrected chi connectivity index (χ3v) is 6.05. The molecular weight excluding hydrogens is 332 g/mol. The summed E-state index contributed by atoms with van der Waals surface area (Å²) in [6.45, 7) is 2.75. The summed E-state index contributed by atoms with van der Waals surface area (Å²) in [6, 6.07) is 8.42. The highest BCUT2D eigenvalue weighted by Gasteiger charge is 2.27. The zero-order chi connectivity index (χ0) is 17.5. The van der Waals surface area contributed by atoms with Crippen LogP contribution in [0.1, 0.15) is 63.4 Å². The summed E-state index contributed by atoms with van der Waals surface area (Å²) in [6.07, 6.45) is 10.9. The number of carbonyl (C=O) groups is 1. The lowest BCUT2D eigenvalue weighted by molar-refractivity contribution is -0.127. The fraction of sp³-hybridized carbons (Fsp3) is 0.667. The minimum Gasteiger partial charge on any atom is -0.353 e. The van der Waals surface area contributed by atoms with Crippen molar-refractivity contribution in [1.82, 2.24) is 10.2 Å². The van der Waals surface area contributed by atoms with Crippen molar-refractivity contribution in [1.29, 1.82) is 0 Å². The molecule has 1 N–H and O–H groups in total. The van der Waals surface area contributed by atoms with Gasteiger partial charge in [0.15, 0.2) is 0 Å². The quantitative estimate of drug-likeness (QED) is 0.835. The number of nitrogens with one attached hydrogen (secondary N) is 1. The van der Waals surface area contributed by atoms with Crippen LogP contribution >= 0.6 is 11.6 Å². The van der Waals surface area contributed by atoms with Crippen molar-refractivity contribution in [2.45, 2.75) is 70.4 Å². The minimum atomic E-state index is 0.127. The van der Waals surface area contributed by atoms with Crippen molar-refractivity contribution in [2.24, 2.45) is 5.92 Å². The molecule has 0 spiro atoms. The summed E-state index contributed by atoms with van der Waals surface area (Å²) in [7, 11) is 0. The minimum absolute atomic E-state index is 0.127. The van der Waals surface area contributed by atoms with E-state index in [1.54, 1.807) is 0 Å². The number of hydrogen-bond donors (Lipinski definition) is 1.